The lowest BCUT2D eigenvalue weighted by Crippen LogP contribution is -2.24. The van der Waals surface area contributed by atoms with Crippen molar-refractivity contribution >= 4 is 23.1 Å². The molecule has 98 valence electrons. The third-order valence-corrected chi connectivity index (χ3v) is 2.59. The van der Waals surface area contributed by atoms with Crippen LogP contribution in [0.5, 0.6) is 0 Å². The lowest BCUT2D eigenvalue weighted by Gasteiger charge is -2.03. The molecule has 0 spiro atoms. The first-order chi connectivity index (χ1) is 9.06. The molecule has 0 saturated carbocycles. The Kier molecular flexibility index (Phi) is 3.86. The molecule has 0 aliphatic carbocycles. The molecule has 0 unspecified atom stereocenters. The van der Waals surface area contributed by atoms with E-state index >= 15 is 0 Å². The van der Waals surface area contributed by atoms with E-state index in [1.807, 2.05) is 0 Å². The second-order valence-electron chi connectivity index (χ2n) is 3.84. The molecule has 0 bridgehead atoms. The minimum Gasteiger partial charge on any atom is -0.444 e. The van der Waals surface area contributed by atoms with Gasteiger partial charge in [0, 0.05) is 11.8 Å². The van der Waals surface area contributed by atoms with Gasteiger partial charge in [0.15, 0.2) is 0 Å². The van der Waals surface area contributed by atoms with Crippen LogP contribution in [0.4, 0.5) is 0 Å². The van der Waals surface area contributed by atoms with Crippen LogP contribution in [-0.2, 0) is 6.54 Å². The maximum absolute atomic E-state index is 11.8. The van der Waals surface area contributed by atoms with E-state index in [9.17, 15) is 4.79 Å². The van der Waals surface area contributed by atoms with Crippen molar-refractivity contribution in [2.24, 2.45) is 5.73 Å². The van der Waals surface area contributed by atoms with Gasteiger partial charge in [0.2, 0.25) is 5.89 Å². The molecule has 0 saturated heterocycles. The quantitative estimate of drug-likeness (QED) is 0.807. The highest BCUT2D eigenvalue weighted by atomic mass is 32.1. The first kappa shape index (κ1) is 13.2. The Hall–Kier alpha value is -2.28. The molecule has 0 aromatic carbocycles. The summed E-state index contributed by atoms with van der Waals surface area (Å²) in [6.45, 7) is 2.00. The number of hydrogen-bond donors (Lipinski definition) is 2. The Morgan fingerprint density at radius 1 is 1.42 bits per heavy atom. The van der Waals surface area contributed by atoms with E-state index in [4.69, 9.17) is 22.4 Å². The normalized spacial score (nSPS) is 10.2. The van der Waals surface area contributed by atoms with Crippen molar-refractivity contribution in [2.75, 3.05) is 0 Å². The molecule has 0 aliphatic heterocycles. The lowest BCUT2D eigenvalue weighted by molar-refractivity contribution is 0.0942. The van der Waals surface area contributed by atoms with Crippen LogP contribution in [0.3, 0.4) is 0 Å². The van der Waals surface area contributed by atoms with Crippen LogP contribution < -0.4 is 11.1 Å². The predicted molar refractivity (Wildman–Crippen MR) is 72.5 cm³/mol. The van der Waals surface area contributed by atoms with Crippen molar-refractivity contribution in [3.63, 3.8) is 0 Å². The lowest BCUT2D eigenvalue weighted by atomic mass is 10.2. The maximum atomic E-state index is 11.8. The van der Waals surface area contributed by atoms with Crippen molar-refractivity contribution in [2.45, 2.75) is 13.5 Å². The number of thiocarbonyl (C=S) groups is 1. The van der Waals surface area contributed by atoms with Gasteiger partial charge in [-0.05, 0) is 19.1 Å². The third-order valence-electron chi connectivity index (χ3n) is 2.35. The fraction of sp³-hybridized carbons (Fsp3) is 0.167. The summed E-state index contributed by atoms with van der Waals surface area (Å²) in [7, 11) is 0. The van der Waals surface area contributed by atoms with Crippen molar-refractivity contribution in [1.82, 2.24) is 15.3 Å². The van der Waals surface area contributed by atoms with E-state index in [0.717, 1.165) is 0 Å². The number of nitrogens with one attached hydrogen (secondary N) is 1. The third kappa shape index (κ3) is 3.35. The van der Waals surface area contributed by atoms with Gasteiger partial charge in [0.25, 0.3) is 5.91 Å². The molecular weight excluding hydrogens is 264 g/mol. The molecule has 2 heterocycles. The molecule has 6 nitrogen and oxygen atoms in total. The first-order valence-electron chi connectivity index (χ1n) is 5.51. The predicted octanol–water partition coefficient (Wildman–Crippen LogP) is 0.942. The second kappa shape index (κ2) is 5.57. The monoisotopic (exact) mass is 276 g/mol. The zero-order valence-electron chi connectivity index (χ0n) is 10.2. The average Bonchev–Trinajstić information content (AvgIpc) is 2.82. The molecule has 3 N–H and O–H groups in total. The Morgan fingerprint density at radius 2 is 2.21 bits per heavy atom. The van der Waals surface area contributed by atoms with Crippen LogP contribution in [0.25, 0.3) is 0 Å². The van der Waals surface area contributed by atoms with Gasteiger partial charge in [0.05, 0.1) is 12.7 Å². The van der Waals surface area contributed by atoms with Crippen LogP contribution in [0.1, 0.15) is 27.7 Å². The van der Waals surface area contributed by atoms with Crippen molar-refractivity contribution < 1.29 is 9.21 Å². The van der Waals surface area contributed by atoms with E-state index in [0.29, 0.717) is 17.2 Å². The molecular formula is C12H12N4O2S. The Labute approximate surface area is 115 Å². The van der Waals surface area contributed by atoms with Crippen LogP contribution in [0.15, 0.2) is 28.9 Å². The van der Waals surface area contributed by atoms with E-state index in [1.54, 1.807) is 25.3 Å². The number of pyridine rings is 1. The molecule has 0 fully saturated rings. The van der Waals surface area contributed by atoms with Crippen LogP contribution >= 0.6 is 12.2 Å². The molecule has 1 amide bonds. The number of aromatic nitrogens is 2. The summed E-state index contributed by atoms with van der Waals surface area (Å²) in [5.41, 5.74) is 6.35. The summed E-state index contributed by atoms with van der Waals surface area (Å²) in [5.74, 6) is 0.833. The molecule has 7 heteroatoms. The summed E-state index contributed by atoms with van der Waals surface area (Å²) in [6.07, 6.45) is 3.06. The number of nitrogens with zero attached hydrogens (tertiary/aromatic N) is 2. The molecule has 2 aromatic rings. The SMILES string of the molecule is Cc1cnc(CNC(=O)c2ccc(C(N)=S)cn2)o1. The summed E-state index contributed by atoms with van der Waals surface area (Å²) < 4.78 is 5.24. The van der Waals surface area contributed by atoms with Crippen molar-refractivity contribution in [3.8, 4) is 0 Å². The van der Waals surface area contributed by atoms with Gasteiger partial charge in [0.1, 0.15) is 16.4 Å². The second-order valence-corrected chi connectivity index (χ2v) is 4.28. The van der Waals surface area contributed by atoms with Crippen molar-refractivity contribution in [1.29, 1.82) is 0 Å². The number of carbonyl (C=O) groups excluding carboxylic acids is 1. The summed E-state index contributed by atoms with van der Waals surface area (Å²) in [4.78, 5) is 20.0. The number of oxazole rings is 1. The maximum Gasteiger partial charge on any atom is 0.270 e. The zero-order valence-corrected chi connectivity index (χ0v) is 11.0. The van der Waals surface area contributed by atoms with Gasteiger partial charge in [-0.2, -0.15) is 0 Å². The molecule has 19 heavy (non-hydrogen) atoms. The minimum absolute atomic E-state index is 0.214. The van der Waals surface area contributed by atoms with Crippen molar-refractivity contribution in [3.05, 3.63) is 47.4 Å². The standard InChI is InChI=1S/C12H12N4O2S/c1-7-4-15-10(18-7)6-16-12(17)9-3-2-8(5-14-9)11(13)19/h2-5H,6H2,1H3,(H2,13,19)(H,16,17). The zero-order chi connectivity index (χ0) is 13.8. The summed E-state index contributed by atoms with van der Waals surface area (Å²) in [5, 5.41) is 2.66. The largest absolute Gasteiger partial charge is 0.444 e. The highest BCUT2D eigenvalue weighted by molar-refractivity contribution is 7.80. The van der Waals surface area contributed by atoms with Gasteiger partial charge in [-0.1, -0.05) is 12.2 Å². The van der Waals surface area contributed by atoms with E-state index in [1.165, 1.54) is 6.20 Å². The Bertz CT molecular complexity index is 606. The van der Waals surface area contributed by atoms with Crippen LogP contribution in [0.2, 0.25) is 0 Å². The number of aryl methyl sites for hydroxylation is 1. The van der Waals surface area contributed by atoms with Gasteiger partial charge in [-0.15, -0.1) is 0 Å². The smallest absolute Gasteiger partial charge is 0.270 e. The molecule has 2 aromatic heterocycles. The Balaban J connectivity index is 1.98. The molecule has 0 aliphatic rings. The highest BCUT2D eigenvalue weighted by Gasteiger charge is 2.09. The van der Waals surface area contributed by atoms with Crippen LogP contribution in [-0.4, -0.2) is 20.9 Å². The molecule has 0 radical (unpaired) electrons. The van der Waals surface area contributed by atoms with Gasteiger partial charge >= 0.3 is 0 Å². The molecule has 2 rings (SSSR count). The van der Waals surface area contributed by atoms with Gasteiger partial charge in [-0.3, -0.25) is 9.78 Å². The number of nitrogens with two attached hydrogens (primary N) is 1. The minimum atomic E-state index is -0.314. The highest BCUT2D eigenvalue weighted by Crippen LogP contribution is 2.03. The van der Waals surface area contributed by atoms with E-state index < -0.39 is 0 Å². The topological polar surface area (TPSA) is 94.0 Å². The van der Waals surface area contributed by atoms with Gasteiger partial charge < -0.3 is 15.5 Å². The Morgan fingerprint density at radius 3 is 2.74 bits per heavy atom. The average molecular weight is 276 g/mol. The first-order valence-corrected chi connectivity index (χ1v) is 5.92. The summed E-state index contributed by atoms with van der Waals surface area (Å²) >= 11 is 4.80. The summed E-state index contributed by atoms with van der Waals surface area (Å²) in [6, 6.07) is 3.21. The number of amides is 1. The fourth-order valence-electron chi connectivity index (χ4n) is 1.40. The van der Waals surface area contributed by atoms with Gasteiger partial charge in [-0.25, -0.2) is 4.98 Å². The number of rotatable bonds is 4. The van der Waals surface area contributed by atoms with Crippen LogP contribution in [0, 0.1) is 6.92 Å². The van der Waals surface area contributed by atoms with E-state index in [2.05, 4.69) is 15.3 Å². The fourth-order valence-corrected chi connectivity index (χ4v) is 1.52. The number of hydrogen-bond acceptors (Lipinski definition) is 5. The van der Waals surface area contributed by atoms with E-state index in [-0.39, 0.29) is 23.1 Å². The number of carbonyl (C=O) groups is 1. The molecule has 0 atom stereocenters.